The molecule has 7 nitrogen and oxygen atoms in total. The van der Waals surface area contributed by atoms with Crippen LogP contribution >= 0.6 is 0 Å². The third-order valence-corrected chi connectivity index (χ3v) is 5.75. The fraction of sp³-hybridized carbons (Fsp3) is 0.333. The summed E-state index contributed by atoms with van der Waals surface area (Å²) in [6.45, 7) is 5.26. The van der Waals surface area contributed by atoms with Crippen LogP contribution in [0.5, 0.6) is 0 Å². The standard InChI is InChI=1S/C27H29N3O4/c1-18(2)15-25(32)28-21-11-9-19(10-12-21)24(31)17-34-27(33)22-16-20-7-3-4-8-23(20)29-26(22)30-13-5-6-14-30/h3-4,7-12,16,18H,5-6,13-15,17H2,1-2H3,(H,28,32). The Bertz CT molecular complexity index is 1200. The van der Waals surface area contributed by atoms with Crippen molar-refractivity contribution in [2.45, 2.75) is 33.1 Å². The lowest BCUT2D eigenvalue weighted by Gasteiger charge is -2.20. The average molecular weight is 460 g/mol. The Labute approximate surface area is 199 Å². The number of ketones is 1. The van der Waals surface area contributed by atoms with Crippen LogP contribution in [0.25, 0.3) is 10.9 Å². The van der Waals surface area contributed by atoms with Crippen LogP contribution in [0.15, 0.2) is 54.6 Å². The number of ether oxygens (including phenoxy) is 1. The number of carbonyl (C=O) groups is 3. The smallest absolute Gasteiger partial charge is 0.342 e. The number of benzene rings is 2. The maximum Gasteiger partial charge on any atom is 0.342 e. The second kappa shape index (κ2) is 10.5. The predicted molar refractivity (Wildman–Crippen MR) is 132 cm³/mol. The molecule has 0 spiro atoms. The molecule has 1 aromatic heterocycles. The second-order valence-corrected chi connectivity index (χ2v) is 8.97. The number of esters is 1. The Morgan fingerprint density at radius 2 is 1.74 bits per heavy atom. The lowest BCUT2D eigenvalue weighted by molar-refractivity contribution is -0.116. The highest BCUT2D eigenvalue weighted by atomic mass is 16.5. The van der Waals surface area contributed by atoms with Crippen LogP contribution in [0.3, 0.4) is 0 Å². The van der Waals surface area contributed by atoms with E-state index in [9.17, 15) is 14.4 Å². The first-order valence-electron chi connectivity index (χ1n) is 11.7. The van der Waals surface area contributed by atoms with Gasteiger partial charge in [-0.1, -0.05) is 32.0 Å². The van der Waals surface area contributed by atoms with Gasteiger partial charge in [-0.25, -0.2) is 9.78 Å². The van der Waals surface area contributed by atoms with Crippen molar-refractivity contribution in [2.24, 2.45) is 5.92 Å². The summed E-state index contributed by atoms with van der Waals surface area (Å²) in [4.78, 5) is 44.3. The van der Waals surface area contributed by atoms with Crippen LogP contribution in [0.4, 0.5) is 11.5 Å². The summed E-state index contributed by atoms with van der Waals surface area (Å²) in [7, 11) is 0. The van der Waals surface area contributed by atoms with Crippen molar-refractivity contribution < 1.29 is 19.1 Å². The minimum atomic E-state index is -0.564. The summed E-state index contributed by atoms with van der Waals surface area (Å²) < 4.78 is 5.41. The summed E-state index contributed by atoms with van der Waals surface area (Å²) in [5.41, 5.74) is 2.22. The monoisotopic (exact) mass is 459 g/mol. The molecule has 1 N–H and O–H groups in total. The zero-order chi connectivity index (χ0) is 24.1. The van der Waals surface area contributed by atoms with Gasteiger partial charge >= 0.3 is 5.97 Å². The van der Waals surface area contributed by atoms with Gasteiger partial charge in [0.15, 0.2) is 12.4 Å². The third kappa shape index (κ3) is 5.60. The predicted octanol–water partition coefficient (Wildman–Crippen LogP) is 4.86. The van der Waals surface area contributed by atoms with Gasteiger partial charge in [0.1, 0.15) is 11.4 Å². The van der Waals surface area contributed by atoms with Gasteiger partial charge < -0.3 is 15.0 Å². The van der Waals surface area contributed by atoms with Crippen LogP contribution < -0.4 is 10.2 Å². The van der Waals surface area contributed by atoms with E-state index in [1.54, 1.807) is 30.3 Å². The molecule has 1 aliphatic heterocycles. The van der Waals surface area contributed by atoms with Gasteiger partial charge in [-0.2, -0.15) is 0 Å². The molecule has 0 radical (unpaired) electrons. The van der Waals surface area contributed by atoms with Crippen molar-refractivity contribution in [3.8, 4) is 0 Å². The van der Waals surface area contributed by atoms with E-state index in [2.05, 4.69) is 10.2 Å². The molecule has 7 heteroatoms. The van der Waals surface area contributed by atoms with Crippen LogP contribution in [0.1, 0.15) is 53.8 Å². The number of pyridine rings is 1. The van der Waals surface area contributed by atoms with Gasteiger partial charge in [-0.15, -0.1) is 0 Å². The van der Waals surface area contributed by atoms with Crippen LogP contribution in [0, 0.1) is 5.92 Å². The van der Waals surface area contributed by atoms with Crippen LogP contribution in [0.2, 0.25) is 0 Å². The van der Waals surface area contributed by atoms with E-state index in [1.165, 1.54) is 0 Å². The number of fused-ring (bicyclic) bond motifs is 1. The molecule has 1 aliphatic rings. The summed E-state index contributed by atoms with van der Waals surface area (Å²) in [5, 5.41) is 3.66. The molecule has 1 fully saturated rings. The number of anilines is 2. The first-order valence-corrected chi connectivity index (χ1v) is 11.7. The number of Topliss-reactive ketones (excluding diaryl/α,β-unsaturated/α-hetero) is 1. The Morgan fingerprint density at radius 1 is 1.03 bits per heavy atom. The number of aromatic nitrogens is 1. The molecule has 176 valence electrons. The van der Waals surface area contributed by atoms with E-state index in [4.69, 9.17) is 9.72 Å². The largest absolute Gasteiger partial charge is 0.454 e. The van der Waals surface area contributed by atoms with E-state index in [0.29, 0.717) is 29.1 Å². The number of nitrogens with one attached hydrogen (secondary N) is 1. The van der Waals surface area contributed by atoms with Crippen LogP contribution in [-0.4, -0.2) is 42.3 Å². The van der Waals surface area contributed by atoms with Gasteiger partial charge in [0.25, 0.3) is 0 Å². The number of rotatable bonds is 8. The summed E-state index contributed by atoms with van der Waals surface area (Å²) in [6.07, 6.45) is 2.53. The highest BCUT2D eigenvalue weighted by molar-refractivity contribution is 6.02. The highest BCUT2D eigenvalue weighted by Gasteiger charge is 2.23. The molecule has 34 heavy (non-hydrogen) atoms. The molecule has 2 heterocycles. The lowest BCUT2D eigenvalue weighted by atomic mass is 10.1. The lowest BCUT2D eigenvalue weighted by Crippen LogP contribution is -2.23. The van der Waals surface area contributed by atoms with Gasteiger partial charge in [-0.3, -0.25) is 9.59 Å². The first-order chi connectivity index (χ1) is 16.4. The van der Waals surface area contributed by atoms with E-state index < -0.39 is 5.97 Å². The number of carbonyl (C=O) groups excluding carboxylic acids is 3. The Morgan fingerprint density at radius 3 is 2.44 bits per heavy atom. The Hall–Kier alpha value is -3.74. The molecule has 4 rings (SSSR count). The van der Waals surface area contributed by atoms with E-state index in [0.717, 1.165) is 36.8 Å². The molecule has 0 saturated carbocycles. The highest BCUT2D eigenvalue weighted by Crippen LogP contribution is 2.27. The summed E-state index contributed by atoms with van der Waals surface area (Å²) in [5.74, 6) is -0.0776. The van der Waals surface area contributed by atoms with E-state index in [-0.39, 0.29) is 24.2 Å². The number of nitrogens with zero attached hydrogens (tertiary/aromatic N) is 2. The third-order valence-electron chi connectivity index (χ3n) is 5.75. The quantitative estimate of drug-likeness (QED) is 0.382. The van der Waals surface area contributed by atoms with Crippen LogP contribution in [-0.2, 0) is 9.53 Å². The second-order valence-electron chi connectivity index (χ2n) is 8.97. The van der Waals surface area contributed by atoms with Gasteiger partial charge in [0, 0.05) is 36.1 Å². The zero-order valence-corrected chi connectivity index (χ0v) is 19.5. The molecular weight excluding hydrogens is 430 g/mol. The van der Waals surface area contributed by atoms with Gasteiger partial charge in [0.2, 0.25) is 5.91 Å². The van der Waals surface area contributed by atoms with Crippen molar-refractivity contribution >= 4 is 40.1 Å². The fourth-order valence-corrected chi connectivity index (χ4v) is 4.04. The topological polar surface area (TPSA) is 88.6 Å². The number of hydrogen-bond acceptors (Lipinski definition) is 6. The van der Waals surface area contributed by atoms with E-state index >= 15 is 0 Å². The van der Waals surface area contributed by atoms with Crippen molar-refractivity contribution in [2.75, 3.05) is 29.9 Å². The van der Waals surface area contributed by atoms with Crippen molar-refractivity contribution in [1.82, 2.24) is 4.98 Å². The molecule has 1 amide bonds. The summed E-state index contributed by atoms with van der Waals surface area (Å²) in [6, 6.07) is 16.0. The van der Waals surface area contributed by atoms with Crippen molar-refractivity contribution in [3.05, 3.63) is 65.7 Å². The number of para-hydroxylation sites is 1. The van der Waals surface area contributed by atoms with Crippen molar-refractivity contribution in [1.29, 1.82) is 0 Å². The fourth-order valence-electron chi connectivity index (χ4n) is 4.04. The average Bonchev–Trinajstić information content (AvgIpc) is 3.36. The zero-order valence-electron chi connectivity index (χ0n) is 19.5. The Kier molecular flexibility index (Phi) is 7.21. The number of amides is 1. The first kappa shape index (κ1) is 23.4. The van der Waals surface area contributed by atoms with E-state index in [1.807, 2.05) is 38.1 Å². The molecule has 0 aliphatic carbocycles. The molecule has 3 aromatic rings. The normalized spacial score (nSPS) is 13.3. The number of hydrogen-bond donors (Lipinski definition) is 1. The minimum Gasteiger partial charge on any atom is -0.454 e. The molecule has 0 unspecified atom stereocenters. The molecule has 0 atom stereocenters. The molecular formula is C27H29N3O4. The summed E-state index contributed by atoms with van der Waals surface area (Å²) >= 11 is 0. The Balaban J connectivity index is 1.43. The van der Waals surface area contributed by atoms with Gasteiger partial charge in [-0.05, 0) is 55.2 Å². The maximum absolute atomic E-state index is 13.0. The minimum absolute atomic E-state index is 0.0687. The maximum atomic E-state index is 13.0. The molecule has 1 saturated heterocycles. The molecule has 0 bridgehead atoms. The van der Waals surface area contributed by atoms with Crippen molar-refractivity contribution in [3.63, 3.8) is 0 Å². The SMILES string of the molecule is CC(C)CC(=O)Nc1ccc(C(=O)COC(=O)c2cc3ccccc3nc2N2CCCC2)cc1. The van der Waals surface area contributed by atoms with Gasteiger partial charge in [0.05, 0.1) is 5.52 Å². The molecule has 2 aromatic carbocycles.